The molecule has 0 N–H and O–H groups in total. The van der Waals surface area contributed by atoms with Crippen molar-refractivity contribution in [3.05, 3.63) is 66.5 Å². The van der Waals surface area contributed by atoms with Crippen molar-refractivity contribution in [3.8, 4) is 0 Å². The lowest BCUT2D eigenvalue weighted by Crippen LogP contribution is -1.80. The molecule has 2 aromatic rings. The highest BCUT2D eigenvalue weighted by atomic mass is 19.3. The normalized spacial score (nSPS) is 9.00. The summed E-state index contributed by atoms with van der Waals surface area (Å²) < 4.78 is 23.5. The third-order valence-electron chi connectivity index (χ3n) is 2.80. The molecule has 0 saturated carbocycles. The van der Waals surface area contributed by atoms with Gasteiger partial charge in [0.1, 0.15) is 0 Å². The van der Waals surface area contributed by atoms with Gasteiger partial charge in [-0.25, -0.2) is 0 Å². The summed E-state index contributed by atoms with van der Waals surface area (Å²) in [6.07, 6.45) is 3.21. The molecule has 0 radical (unpaired) electrons. The van der Waals surface area contributed by atoms with Gasteiger partial charge in [-0.05, 0) is 49.1 Å². The zero-order valence-corrected chi connectivity index (χ0v) is 13.9. The van der Waals surface area contributed by atoms with E-state index in [0.717, 1.165) is 5.57 Å². The van der Waals surface area contributed by atoms with Crippen LogP contribution in [-0.4, -0.2) is 4.98 Å². The van der Waals surface area contributed by atoms with Crippen LogP contribution in [0.2, 0.25) is 0 Å². The van der Waals surface area contributed by atoms with Crippen molar-refractivity contribution in [2.24, 2.45) is 0 Å². The van der Waals surface area contributed by atoms with Crippen LogP contribution in [-0.2, 0) is 0 Å². The molecule has 1 aromatic heterocycles. The van der Waals surface area contributed by atoms with Gasteiger partial charge in [-0.3, -0.25) is 4.98 Å². The number of hydrogen-bond donors (Lipinski definition) is 0. The Morgan fingerprint density at radius 2 is 1.59 bits per heavy atom. The lowest BCUT2D eigenvalue weighted by Gasteiger charge is -1.97. The molecule has 0 aliphatic rings. The zero-order valence-electron chi connectivity index (χ0n) is 13.9. The highest BCUT2D eigenvalue weighted by Crippen LogP contribution is 2.15. The number of fused-ring (bicyclic) bond motifs is 1. The van der Waals surface area contributed by atoms with Crippen molar-refractivity contribution >= 4 is 10.8 Å². The van der Waals surface area contributed by atoms with Crippen molar-refractivity contribution in [1.29, 1.82) is 0 Å². The van der Waals surface area contributed by atoms with Crippen LogP contribution in [0.1, 0.15) is 40.5 Å². The molecule has 0 saturated heterocycles. The first-order valence-corrected chi connectivity index (χ1v) is 7.44. The maximum absolute atomic E-state index is 11.7. The topological polar surface area (TPSA) is 12.9 Å². The van der Waals surface area contributed by atoms with E-state index in [2.05, 4.69) is 23.7 Å². The number of rotatable bonds is 3. The molecule has 1 heterocycles. The number of pyridine rings is 1. The zero-order chi connectivity index (χ0) is 17.0. The number of allylic oxidation sites excluding steroid dienone is 2. The third-order valence-corrected chi connectivity index (χ3v) is 2.80. The molecule has 0 atom stereocenters. The minimum absolute atomic E-state index is 0.169. The Balaban J connectivity index is 0.000000360. The standard InChI is InChI=1S/C9H7N.C8H12F2.C2H6/c1-2-4-9-7-10-6-5-8(9)3-1;1-6(2)4-5-7(3)8(9)10;1-2/h1-7H;1,4-5H2,2-3H3;1-2H3. The second kappa shape index (κ2) is 11.6. The lowest BCUT2D eigenvalue weighted by molar-refractivity contribution is 0.408. The first-order chi connectivity index (χ1) is 10.5. The van der Waals surface area contributed by atoms with Crippen molar-refractivity contribution < 1.29 is 8.78 Å². The summed E-state index contributed by atoms with van der Waals surface area (Å²) in [4.78, 5) is 4.01. The predicted octanol–water partition coefficient (Wildman–Crippen LogP) is 6.77. The Morgan fingerprint density at radius 3 is 2.09 bits per heavy atom. The summed E-state index contributed by atoms with van der Waals surface area (Å²) in [6, 6.07) is 10.2. The number of nitrogens with zero attached hydrogens (tertiary/aromatic N) is 1. The Hall–Kier alpha value is -2.03. The summed E-state index contributed by atoms with van der Waals surface area (Å²) in [6.45, 7) is 10.9. The van der Waals surface area contributed by atoms with Crippen LogP contribution in [0.3, 0.4) is 0 Å². The van der Waals surface area contributed by atoms with E-state index in [-0.39, 0.29) is 5.57 Å². The van der Waals surface area contributed by atoms with E-state index in [1.165, 1.54) is 17.7 Å². The van der Waals surface area contributed by atoms with Gasteiger partial charge in [-0.1, -0.05) is 43.7 Å². The van der Waals surface area contributed by atoms with E-state index in [4.69, 9.17) is 0 Å². The van der Waals surface area contributed by atoms with E-state index >= 15 is 0 Å². The van der Waals surface area contributed by atoms with Gasteiger partial charge in [0.2, 0.25) is 0 Å². The van der Waals surface area contributed by atoms with Crippen molar-refractivity contribution in [2.45, 2.75) is 40.5 Å². The molecule has 1 aromatic carbocycles. The molecule has 0 aliphatic heterocycles. The molecule has 120 valence electrons. The molecule has 0 amide bonds. The summed E-state index contributed by atoms with van der Waals surface area (Å²) >= 11 is 0. The highest BCUT2D eigenvalue weighted by molar-refractivity contribution is 5.80. The summed E-state index contributed by atoms with van der Waals surface area (Å²) in [5, 5.41) is 2.45. The fourth-order valence-electron chi connectivity index (χ4n) is 1.52. The number of benzene rings is 1. The van der Waals surface area contributed by atoms with Crippen LogP contribution in [0.5, 0.6) is 0 Å². The highest BCUT2D eigenvalue weighted by Gasteiger charge is 1.98. The molecule has 0 aliphatic carbocycles. The predicted molar refractivity (Wildman–Crippen MR) is 92.1 cm³/mol. The molecule has 0 bridgehead atoms. The van der Waals surface area contributed by atoms with Crippen LogP contribution < -0.4 is 0 Å². The van der Waals surface area contributed by atoms with Crippen LogP contribution in [0, 0.1) is 0 Å². The van der Waals surface area contributed by atoms with Gasteiger partial charge in [-0.2, -0.15) is 8.78 Å². The molecule has 22 heavy (non-hydrogen) atoms. The van der Waals surface area contributed by atoms with Crippen molar-refractivity contribution in [2.75, 3.05) is 0 Å². The van der Waals surface area contributed by atoms with Gasteiger partial charge in [-0.15, -0.1) is 6.58 Å². The van der Waals surface area contributed by atoms with Crippen LogP contribution in [0.25, 0.3) is 10.8 Å². The molecule has 1 nitrogen and oxygen atoms in total. The first kappa shape index (κ1) is 20.0. The summed E-state index contributed by atoms with van der Waals surface area (Å²) in [7, 11) is 0. The quantitative estimate of drug-likeness (QED) is 0.570. The summed E-state index contributed by atoms with van der Waals surface area (Å²) in [5.74, 6) is 0. The molecule has 0 spiro atoms. The smallest absolute Gasteiger partial charge is 0.264 e. The fourth-order valence-corrected chi connectivity index (χ4v) is 1.52. The Morgan fingerprint density at radius 1 is 1.00 bits per heavy atom. The number of hydrogen-bond acceptors (Lipinski definition) is 1. The van der Waals surface area contributed by atoms with Gasteiger partial charge in [0.15, 0.2) is 0 Å². The fraction of sp³-hybridized carbons (Fsp3) is 0.316. The molecule has 2 rings (SSSR count). The minimum atomic E-state index is -1.55. The van der Waals surface area contributed by atoms with Gasteiger partial charge in [0.25, 0.3) is 6.08 Å². The van der Waals surface area contributed by atoms with Crippen molar-refractivity contribution in [3.63, 3.8) is 0 Å². The van der Waals surface area contributed by atoms with E-state index in [9.17, 15) is 8.78 Å². The van der Waals surface area contributed by atoms with Crippen LogP contribution >= 0.6 is 0 Å². The second-order valence-electron chi connectivity index (χ2n) is 4.72. The monoisotopic (exact) mass is 305 g/mol. The van der Waals surface area contributed by atoms with E-state index in [1.54, 1.807) is 0 Å². The largest absolute Gasteiger partial charge is 0.269 e. The van der Waals surface area contributed by atoms with Gasteiger partial charge >= 0.3 is 0 Å². The SMILES string of the molecule is C=C(C)CCC(C)=C(F)F.CC.c1ccc2cnccc2c1. The Kier molecular flexibility index (Phi) is 10.5. The second-order valence-corrected chi connectivity index (χ2v) is 4.72. The lowest BCUT2D eigenvalue weighted by atomic mass is 10.1. The molecule has 0 fully saturated rings. The summed E-state index contributed by atoms with van der Waals surface area (Å²) in [5.41, 5.74) is 1.11. The maximum Gasteiger partial charge on any atom is 0.269 e. The maximum atomic E-state index is 11.7. The molecule has 3 heteroatoms. The van der Waals surface area contributed by atoms with E-state index in [1.807, 2.05) is 51.4 Å². The van der Waals surface area contributed by atoms with Crippen molar-refractivity contribution in [1.82, 2.24) is 4.98 Å². The molecular formula is C19H25F2N. The van der Waals surface area contributed by atoms with E-state index < -0.39 is 6.08 Å². The van der Waals surface area contributed by atoms with Crippen LogP contribution in [0.4, 0.5) is 8.78 Å². The van der Waals surface area contributed by atoms with Gasteiger partial charge in [0, 0.05) is 12.4 Å². The third kappa shape index (κ3) is 8.30. The number of aromatic nitrogens is 1. The number of halogens is 2. The Bertz CT molecular complexity index is 534. The van der Waals surface area contributed by atoms with Crippen LogP contribution in [0.15, 0.2) is 66.5 Å². The minimum Gasteiger partial charge on any atom is -0.264 e. The first-order valence-electron chi connectivity index (χ1n) is 7.44. The van der Waals surface area contributed by atoms with Gasteiger partial charge < -0.3 is 0 Å². The van der Waals surface area contributed by atoms with E-state index in [0.29, 0.717) is 12.8 Å². The molecule has 0 unspecified atom stereocenters. The Labute approximate surface area is 132 Å². The average Bonchev–Trinajstić information content (AvgIpc) is 2.55. The average molecular weight is 305 g/mol. The van der Waals surface area contributed by atoms with Gasteiger partial charge in [0.05, 0.1) is 0 Å². The molecular weight excluding hydrogens is 280 g/mol.